The fraction of sp³-hybridized carbons (Fsp3) is 0.200. The van der Waals surface area contributed by atoms with Gasteiger partial charge in [0.1, 0.15) is 5.69 Å². The molecule has 0 spiro atoms. The van der Waals surface area contributed by atoms with Gasteiger partial charge in [0.15, 0.2) is 0 Å². The number of aromatic nitrogens is 1. The number of pyridine rings is 1. The lowest BCUT2D eigenvalue weighted by Crippen LogP contribution is -2.24. The lowest BCUT2D eigenvalue weighted by atomic mass is 10.1. The first-order valence-electron chi connectivity index (χ1n) is 6.46. The van der Waals surface area contributed by atoms with Gasteiger partial charge < -0.3 is 15.0 Å². The highest BCUT2D eigenvalue weighted by molar-refractivity contribution is 6.34. The quantitative estimate of drug-likeness (QED) is 0.898. The van der Waals surface area contributed by atoms with Crippen LogP contribution in [0.1, 0.15) is 18.1 Å². The second kappa shape index (κ2) is 6.96. The number of nitrogens with zero attached hydrogens (tertiary/aromatic N) is 1. The zero-order valence-corrected chi connectivity index (χ0v) is 13.2. The number of hydrogen-bond donors (Lipinski definition) is 2. The Bertz CT molecular complexity index is 738. The van der Waals surface area contributed by atoms with Crippen molar-refractivity contribution in [1.82, 2.24) is 4.57 Å². The smallest absolute Gasteiger partial charge is 0.274 e. The Morgan fingerprint density at radius 3 is 2.59 bits per heavy atom. The summed E-state index contributed by atoms with van der Waals surface area (Å²) in [5.41, 5.74) is 0.274. The molecule has 1 aromatic heterocycles. The number of aliphatic hydroxyl groups excluding tert-OH is 1. The first-order valence-corrected chi connectivity index (χ1v) is 7.22. The minimum atomic E-state index is -1.07. The van der Waals surface area contributed by atoms with Crippen LogP contribution in [0.2, 0.25) is 10.0 Å². The first-order chi connectivity index (χ1) is 10.4. The van der Waals surface area contributed by atoms with Gasteiger partial charge in [-0.2, -0.15) is 0 Å². The molecule has 0 bridgehead atoms. The van der Waals surface area contributed by atoms with Gasteiger partial charge in [0.2, 0.25) is 5.91 Å². The van der Waals surface area contributed by atoms with Crippen LogP contribution in [0.3, 0.4) is 0 Å². The van der Waals surface area contributed by atoms with E-state index < -0.39 is 12.0 Å². The van der Waals surface area contributed by atoms with Gasteiger partial charge in [-0.3, -0.25) is 9.59 Å². The maximum Gasteiger partial charge on any atom is 0.274 e. The normalized spacial score (nSPS) is 12.0. The van der Waals surface area contributed by atoms with Crippen LogP contribution in [0, 0.1) is 0 Å². The van der Waals surface area contributed by atoms with Crippen molar-refractivity contribution in [1.29, 1.82) is 0 Å². The summed E-state index contributed by atoms with van der Waals surface area (Å²) in [5, 5.41) is 13.3. The summed E-state index contributed by atoms with van der Waals surface area (Å²) in [6.07, 6.45) is 0.305. The molecule has 22 heavy (non-hydrogen) atoms. The predicted octanol–water partition coefficient (Wildman–Crippen LogP) is 2.75. The van der Waals surface area contributed by atoms with Crippen molar-refractivity contribution < 1.29 is 9.90 Å². The number of carbonyl (C=O) groups is 1. The second-order valence-corrected chi connectivity index (χ2v) is 5.68. The topological polar surface area (TPSA) is 71.3 Å². The molecule has 2 rings (SSSR count). The minimum Gasteiger partial charge on any atom is -0.388 e. The molecule has 116 valence electrons. The summed E-state index contributed by atoms with van der Waals surface area (Å²) >= 11 is 11.7. The molecule has 0 aliphatic carbocycles. The molecule has 7 heteroatoms. The van der Waals surface area contributed by atoms with E-state index in [2.05, 4.69) is 5.32 Å². The molecule has 1 heterocycles. The third-order valence-electron chi connectivity index (χ3n) is 3.05. The zero-order chi connectivity index (χ0) is 16.3. The van der Waals surface area contributed by atoms with E-state index >= 15 is 0 Å². The van der Waals surface area contributed by atoms with Crippen LogP contribution in [0.25, 0.3) is 0 Å². The lowest BCUT2D eigenvalue weighted by Gasteiger charge is -2.12. The van der Waals surface area contributed by atoms with E-state index in [1.807, 2.05) is 0 Å². The molecule has 2 aromatic rings. The third kappa shape index (κ3) is 4.10. The van der Waals surface area contributed by atoms with Crippen LogP contribution >= 0.6 is 23.2 Å². The molecule has 0 saturated heterocycles. The number of anilines is 1. The number of rotatable bonds is 4. The van der Waals surface area contributed by atoms with Gasteiger partial charge in [0.05, 0.1) is 12.5 Å². The molecule has 0 fully saturated rings. The van der Waals surface area contributed by atoms with Crippen molar-refractivity contribution in [2.75, 3.05) is 5.32 Å². The van der Waals surface area contributed by atoms with E-state index in [0.717, 1.165) is 0 Å². The van der Waals surface area contributed by atoms with E-state index in [-0.39, 0.29) is 17.7 Å². The van der Waals surface area contributed by atoms with Crippen molar-refractivity contribution in [2.24, 2.45) is 7.05 Å². The Labute approximate surface area is 137 Å². The van der Waals surface area contributed by atoms with Gasteiger partial charge >= 0.3 is 0 Å². The van der Waals surface area contributed by atoms with Crippen molar-refractivity contribution in [3.05, 3.63) is 62.5 Å². The summed E-state index contributed by atoms with van der Waals surface area (Å²) in [6.45, 7) is 0. The maximum atomic E-state index is 11.9. The average molecular weight is 341 g/mol. The molecule has 1 unspecified atom stereocenters. The summed E-state index contributed by atoms with van der Waals surface area (Å²) in [6, 6.07) is 7.75. The van der Waals surface area contributed by atoms with E-state index in [1.165, 1.54) is 28.8 Å². The zero-order valence-electron chi connectivity index (χ0n) is 11.7. The summed E-state index contributed by atoms with van der Waals surface area (Å²) in [4.78, 5) is 23.7. The summed E-state index contributed by atoms with van der Waals surface area (Å²) < 4.78 is 1.35. The lowest BCUT2D eigenvalue weighted by molar-refractivity contribution is -0.118. The maximum absolute atomic E-state index is 11.9. The highest BCUT2D eigenvalue weighted by Gasteiger charge is 2.15. The Balaban J connectivity index is 2.08. The molecule has 0 aliphatic rings. The number of amides is 1. The van der Waals surface area contributed by atoms with Crippen LogP contribution < -0.4 is 10.9 Å². The number of aliphatic hydroxyl groups is 1. The van der Waals surface area contributed by atoms with Gasteiger partial charge in [-0.05, 0) is 35.9 Å². The summed E-state index contributed by atoms with van der Waals surface area (Å²) in [5.74, 6) is -0.480. The Morgan fingerprint density at radius 1 is 1.32 bits per heavy atom. The predicted molar refractivity (Wildman–Crippen MR) is 86.4 cm³/mol. The summed E-state index contributed by atoms with van der Waals surface area (Å²) in [7, 11) is 1.58. The van der Waals surface area contributed by atoms with Gasteiger partial charge in [-0.15, -0.1) is 0 Å². The van der Waals surface area contributed by atoms with Crippen LogP contribution in [-0.4, -0.2) is 15.6 Å². The molecule has 0 radical (unpaired) electrons. The number of hydrogen-bond acceptors (Lipinski definition) is 3. The monoisotopic (exact) mass is 340 g/mol. The molecule has 1 amide bonds. The largest absolute Gasteiger partial charge is 0.388 e. The number of benzene rings is 1. The molecule has 5 nitrogen and oxygen atoms in total. The van der Waals surface area contributed by atoms with Crippen molar-refractivity contribution in [3.8, 4) is 0 Å². The van der Waals surface area contributed by atoms with Crippen molar-refractivity contribution >= 4 is 34.8 Å². The third-order valence-corrected chi connectivity index (χ3v) is 3.48. The highest BCUT2D eigenvalue weighted by atomic mass is 35.5. The standard InChI is InChI=1S/C15H14Cl2N2O3/c1-19-4-2-3-12(15(19)22)18-14(21)8-13(20)9-5-10(16)7-11(17)6-9/h2-7,13,20H,8H2,1H3,(H,18,21). The minimum absolute atomic E-state index is 0.159. The highest BCUT2D eigenvalue weighted by Crippen LogP contribution is 2.25. The molecular weight excluding hydrogens is 327 g/mol. The van der Waals surface area contributed by atoms with Crippen molar-refractivity contribution in [3.63, 3.8) is 0 Å². The molecule has 1 aromatic carbocycles. The number of halogens is 2. The Hall–Kier alpha value is -1.82. The van der Waals surface area contributed by atoms with E-state index in [4.69, 9.17) is 23.2 Å². The van der Waals surface area contributed by atoms with Gasteiger partial charge in [-0.25, -0.2) is 0 Å². The molecule has 0 aliphatic heterocycles. The second-order valence-electron chi connectivity index (χ2n) is 4.81. The SMILES string of the molecule is Cn1cccc(NC(=O)CC(O)c2cc(Cl)cc(Cl)c2)c1=O. The van der Waals surface area contributed by atoms with Crippen molar-refractivity contribution in [2.45, 2.75) is 12.5 Å². The molecular formula is C15H14Cl2N2O3. The molecule has 0 saturated carbocycles. The van der Waals surface area contributed by atoms with Gasteiger partial charge in [0.25, 0.3) is 5.56 Å². The Kier molecular flexibility index (Phi) is 5.24. The molecule has 1 atom stereocenters. The average Bonchev–Trinajstić information content (AvgIpc) is 2.42. The van der Waals surface area contributed by atoms with Crippen LogP contribution in [-0.2, 0) is 11.8 Å². The number of carbonyl (C=O) groups excluding carboxylic acids is 1. The fourth-order valence-electron chi connectivity index (χ4n) is 1.95. The van der Waals surface area contributed by atoms with Crippen LogP contribution in [0.5, 0.6) is 0 Å². The number of nitrogens with one attached hydrogen (secondary N) is 1. The molecule has 2 N–H and O–H groups in total. The fourth-order valence-corrected chi connectivity index (χ4v) is 2.50. The van der Waals surface area contributed by atoms with E-state index in [0.29, 0.717) is 15.6 Å². The van der Waals surface area contributed by atoms with E-state index in [1.54, 1.807) is 19.3 Å². The van der Waals surface area contributed by atoms with Gasteiger partial charge in [-0.1, -0.05) is 23.2 Å². The van der Waals surface area contributed by atoms with Crippen LogP contribution in [0.4, 0.5) is 5.69 Å². The first kappa shape index (κ1) is 16.5. The Morgan fingerprint density at radius 2 is 1.95 bits per heavy atom. The van der Waals surface area contributed by atoms with Gasteiger partial charge in [0, 0.05) is 23.3 Å². The van der Waals surface area contributed by atoms with Crippen LogP contribution in [0.15, 0.2) is 41.3 Å². The number of aryl methyl sites for hydroxylation is 1. The van der Waals surface area contributed by atoms with E-state index in [9.17, 15) is 14.7 Å².